The molecule has 1 amide bonds. The summed E-state index contributed by atoms with van der Waals surface area (Å²) >= 11 is 0. The van der Waals surface area contributed by atoms with Crippen molar-refractivity contribution in [2.75, 3.05) is 13.2 Å². The van der Waals surface area contributed by atoms with Gasteiger partial charge in [0.05, 0.1) is 25.4 Å². The average molecular weight is 730 g/mol. The maximum absolute atomic E-state index is 13.0. The first kappa shape index (κ1) is 47.6. The molecule has 1 heterocycles. The van der Waals surface area contributed by atoms with E-state index in [4.69, 9.17) is 9.47 Å². The second-order valence-electron chi connectivity index (χ2n) is 14.3. The molecule has 0 aromatic carbocycles. The topological polar surface area (TPSA) is 189 Å². The third-order valence-electron chi connectivity index (χ3n) is 9.73. The Morgan fingerprint density at radius 2 is 1.16 bits per heavy atom. The molecule has 0 radical (unpaired) electrons. The molecule has 0 aromatic rings. The zero-order chi connectivity index (χ0) is 37.7. The molecule has 8 N–H and O–H groups in total. The first-order valence-corrected chi connectivity index (χ1v) is 20.2. The Balaban J connectivity index is 2.56. The molecule has 1 fully saturated rings. The number of carbonyl (C=O) groups excluding carboxylic acids is 1. The molecule has 0 aliphatic carbocycles. The number of aliphatic hydroxyl groups is 7. The van der Waals surface area contributed by atoms with Gasteiger partial charge in [0.15, 0.2) is 6.29 Å². The van der Waals surface area contributed by atoms with E-state index in [1.807, 2.05) is 0 Å². The van der Waals surface area contributed by atoms with Crippen LogP contribution >= 0.6 is 0 Å². The highest BCUT2D eigenvalue weighted by Crippen LogP contribution is 2.23. The number of unbranched alkanes of at least 4 members (excludes halogenated alkanes) is 16. The number of hydrogen-bond donors (Lipinski definition) is 8. The second-order valence-corrected chi connectivity index (χ2v) is 14.3. The van der Waals surface area contributed by atoms with Crippen LogP contribution in [0.15, 0.2) is 24.3 Å². The molecule has 1 aliphatic heterocycles. The normalized spacial score (nSPS) is 23.5. The zero-order valence-corrected chi connectivity index (χ0v) is 31.8. The second kappa shape index (κ2) is 31.0. The van der Waals surface area contributed by atoms with E-state index in [1.165, 1.54) is 57.8 Å². The van der Waals surface area contributed by atoms with E-state index in [0.717, 1.165) is 57.8 Å². The maximum Gasteiger partial charge on any atom is 0.249 e. The van der Waals surface area contributed by atoms with Gasteiger partial charge in [-0.05, 0) is 64.2 Å². The lowest BCUT2D eigenvalue weighted by atomic mass is 9.98. The molecule has 9 unspecified atom stereocenters. The summed E-state index contributed by atoms with van der Waals surface area (Å²) in [5.74, 6) is -0.716. The minimum Gasteiger partial charge on any atom is -0.394 e. The number of rotatable bonds is 32. The largest absolute Gasteiger partial charge is 0.394 e. The minimum absolute atomic E-state index is 0.247. The van der Waals surface area contributed by atoms with Crippen molar-refractivity contribution >= 4 is 5.91 Å². The molecular formula is C40H75NO10. The maximum atomic E-state index is 13.0. The summed E-state index contributed by atoms with van der Waals surface area (Å²) in [6.07, 6.45) is 19.6. The van der Waals surface area contributed by atoms with Crippen molar-refractivity contribution in [3.05, 3.63) is 24.3 Å². The van der Waals surface area contributed by atoms with Crippen molar-refractivity contribution in [1.29, 1.82) is 0 Å². The first-order valence-electron chi connectivity index (χ1n) is 20.2. The van der Waals surface area contributed by atoms with Gasteiger partial charge in [0, 0.05) is 0 Å². The molecule has 9 atom stereocenters. The van der Waals surface area contributed by atoms with Crippen molar-refractivity contribution in [2.45, 2.75) is 210 Å². The molecule has 1 rings (SSSR count). The van der Waals surface area contributed by atoms with Crippen molar-refractivity contribution in [1.82, 2.24) is 5.32 Å². The number of ether oxygens (including phenoxy) is 2. The highest BCUT2D eigenvalue weighted by Gasteiger charge is 2.44. The van der Waals surface area contributed by atoms with Crippen LogP contribution in [-0.4, -0.2) is 110 Å². The Bertz CT molecular complexity index is 887. The fourth-order valence-electron chi connectivity index (χ4n) is 6.26. The van der Waals surface area contributed by atoms with Gasteiger partial charge in [0.2, 0.25) is 5.91 Å². The quantitative estimate of drug-likeness (QED) is 0.0342. The smallest absolute Gasteiger partial charge is 0.249 e. The molecule has 11 nitrogen and oxygen atoms in total. The van der Waals surface area contributed by atoms with Crippen LogP contribution in [0, 0.1) is 0 Å². The molecule has 1 aliphatic rings. The average Bonchev–Trinajstić information content (AvgIpc) is 3.13. The number of nitrogens with one attached hydrogen (secondary N) is 1. The summed E-state index contributed by atoms with van der Waals surface area (Å²) in [4.78, 5) is 13.0. The van der Waals surface area contributed by atoms with Gasteiger partial charge in [0.25, 0.3) is 0 Å². The first-order chi connectivity index (χ1) is 24.7. The van der Waals surface area contributed by atoms with Crippen molar-refractivity contribution in [3.8, 4) is 0 Å². The Labute approximate surface area is 308 Å². The Morgan fingerprint density at radius 3 is 1.71 bits per heavy atom. The molecule has 0 spiro atoms. The molecule has 0 saturated carbocycles. The third kappa shape index (κ3) is 21.8. The van der Waals surface area contributed by atoms with Crippen molar-refractivity contribution in [2.24, 2.45) is 0 Å². The fraction of sp³-hybridized carbons (Fsp3) is 0.875. The molecule has 51 heavy (non-hydrogen) atoms. The predicted molar refractivity (Wildman–Crippen MR) is 201 cm³/mol. The molecule has 0 aromatic heterocycles. The van der Waals surface area contributed by atoms with Crippen LogP contribution in [0.4, 0.5) is 0 Å². The van der Waals surface area contributed by atoms with Crippen LogP contribution in [0.25, 0.3) is 0 Å². The third-order valence-corrected chi connectivity index (χ3v) is 9.73. The highest BCUT2D eigenvalue weighted by atomic mass is 16.7. The molecular weight excluding hydrogens is 654 g/mol. The van der Waals surface area contributed by atoms with Crippen LogP contribution in [0.5, 0.6) is 0 Å². The molecule has 300 valence electrons. The SMILES string of the molecule is CCCCCC/C=C\CCCCCCCCC(O)C(=O)NC(COC1OC(CO)C(O)C(O)C1O)C(O)C(O)CCC/C=C/CCCCCCC. The van der Waals surface area contributed by atoms with Crippen LogP contribution in [-0.2, 0) is 14.3 Å². The minimum atomic E-state index is -1.66. The lowest BCUT2D eigenvalue weighted by Gasteiger charge is -2.40. The Morgan fingerprint density at radius 1 is 0.667 bits per heavy atom. The van der Waals surface area contributed by atoms with E-state index in [-0.39, 0.29) is 12.8 Å². The number of amides is 1. The number of aliphatic hydroxyl groups excluding tert-OH is 7. The van der Waals surface area contributed by atoms with E-state index in [0.29, 0.717) is 12.8 Å². The van der Waals surface area contributed by atoms with Crippen LogP contribution in [0.3, 0.4) is 0 Å². The van der Waals surface area contributed by atoms with E-state index >= 15 is 0 Å². The molecule has 0 bridgehead atoms. The number of allylic oxidation sites excluding steroid dienone is 4. The van der Waals surface area contributed by atoms with E-state index < -0.39 is 74.2 Å². The van der Waals surface area contributed by atoms with Gasteiger partial charge in [-0.15, -0.1) is 0 Å². The lowest BCUT2D eigenvalue weighted by Crippen LogP contribution is -2.60. The van der Waals surface area contributed by atoms with Crippen LogP contribution in [0.1, 0.15) is 155 Å². The fourth-order valence-corrected chi connectivity index (χ4v) is 6.26. The Hall–Kier alpha value is -1.41. The van der Waals surface area contributed by atoms with Gasteiger partial charge in [-0.2, -0.15) is 0 Å². The van der Waals surface area contributed by atoms with E-state index in [1.54, 1.807) is 0 Å². The summed E-state index contributed by atoms with van der Waals surface area (Å²) in [5.41, 5.74) is 0. The van der Waals surface area contributed by atoms with Crippen molar-refractivity contribution in [3.63, 3.8) is 0 Å². The van der Waals surface area contributed by atoms with Gasteiger partial charge in [-0.25, -0.2) is 0 Å². The molecule has 11 heteroatoms. The highest BCUT2D eigenvalue weighted by molar-refractivity contribution is 5.80. The van der Waals surface area contributed by atoms with Gasteiger partial charge >= 0.3 is 0 Å². The number of hydrogen-bond acceptors (Lipinski definition) is 10. The van der Waals surface area contributed by atoms with Crippen LogP contribution < -0.4 is 5.32 Å². The predicted octanol–water partition coefficient (Wildman–Crippen LogP) is 5.10. The number of carbonyl (C=O) groups is 1. The Kier molecular flexibility index (Phi) is 28.9. The summed E-state index contributed by atoms with van der Waals surface area (Å²) in [5, 5.41) is 75.2. The summed E-state index contributed by atoms with van der Waals surface area (Å²) < 4.78 is 11.0. The monoisotopic (exact) mass is 730 g/mol. The van der Waals surface area contributed by atoms with Gasteiger partial charge in [0.1, 0.15) is 36.6 Å². The summed E-state index contributed by atoms with van der Waals surface area (Å²) in [6, 6.07) is -1.18. The lowest BCUT2D eigenvalue weighted by molar-refractivity contribution is -0.303. The van der Waals surface area contributed by atoms with Gasteiger partial charge in [-0.3, -0.25) is 4.79 Å². The van der Waals surface area contributed by atoms with Crippen molar-refractivity contribution < 1.29 is 50.0 Å². The summed E-state index contributed by atoms with van der Waals surface area (Å²) in [6.45, 7) is 3.34. The summed E-state index contributed by atoms with van der Waals surface area (Å²) in [7, 11) is 0. The van der Waals surface area contributed by atoms with Gasteiger partial charge in [-0.1, -0.05) is 115 Å². The van der Waals surface area contributed by atoms with E-state index in [9.17, 15) is 40.5 Å². The zero-order valence-electron chi connectivity index (χ0n) is 31.8. The van der Waals surface area contributed by atoms with Crippen LogP contribution in [0.2, 0.25) is 0 Å². The molecule has 1 saturated heterocycles. The van der Waals surface area contributed by atoms with E-state index in [2.05, 4.69) is 43.5 Å². The van der Waals surface area contributed by atoms with Gasteiger partial charge < -0.3 is 50.5 Å². The standard InChI is InChI=1S/C40H75NO10/c1-3-5-7-9-11-13-15-16-17-18-20-22-24-26-28-33(44)39(49)41-31(30-50-40-38(48)37(47)36(46)34(29-42)51-40)35(45)32(43)27-25-23-21-19-14-12-10-8-6-4-2/h13,15,19,21,31-38,40,42-48H,3-12,14,16-18,20,22-30H2,1-2H3,(H,41,49)/b15-13-,21-19+.